The summed E-state index contributed by atoms with van der Waals surface area (Å²) in [6.45, 7) is 7.45. The largest absolute Gasteiger partial charge is 0.310 e. The average Bonchev–Trinajstić information content (AvgIpc) is 2.73. The van der Waals surface area contributed by atoms with Crippen molar-refractivity contribution in [2.24, 2.45) is 0 Å². The summed E-state index contributed by atoms with van der Waals surface area (Å²) in [5, 5.41) is 7.42. The highest BCUT2D eigenvalue weighted by Crippen LogP contribution is 2.07. The second-order valence-corrected chi connectivity index (χ2v) is 3.78. The number of nitrogens with one attached hydrogen (secondary N) is 1. The van der Waals surface area contributed by atoms with E-state index in [0.29, 0.717) is 6.54 Å². The Kier molecular flexibility index (Phi) is 3.43. The summed E-state index contributed by atoms with van der Waals surface area (Å²) < 4.78 is 1.74. The molecule has 17 heavy (non-hydrogen) atoms. The first-order valence-electron chi connectivity index (χ1n) is 5.63. The first kappa shape index (κ1) is 11.7. The molecule has 2 aromatic rings. The maximum atomic E-state index is 4.37. The van der Waals surface area contributed by atoms with E-state index < -0.39 is 0 Å². The molecule has 6 nitrogen and oxygen atoms in total. The predicted octanol–water partition coefficient (Wildman–Crippen LogP) is 0.784. The summed E-state index contributed by atoms with van der Waals surface area (Å²) in [7, 11) is 0. The van der Waals surface area contributed by atoms with Crippen LogP contribution in [0.4, 0.5) is 0 Å². The van der Waals surface area contributed by atoms with Gasteiger partial charge in [0.2, 0.25) is 0 Å². The van der Waals surface area contributed by atoms with Gasteiger partial charge in [0.1, 0.15) is 18.0 Å². The van der Waals surface area contributed by atoms with Crippen molar-refractivity contribution in [3.63, 3.8) is 0 Å². The van der Waals surface area contributed by atoms with E-state index >= 15 is 0 Å². The van der Waals surface area contributed by atoms with Gasteiger partial charge in [-0.3, -0.25) is 0 Å². The summed E-state index contributed by atoms with van der Waals surface area (Å²) in [6.07, 6.45) is 1.54. The SMILES string of the molecule is CCNCc1ncnn1-c1cc(C)nc(C)n1. The van der Waals surface area contributed by atoms with Gasteiger partial charge in [-0.2, -0.15) is 9.78 Å². The van der Waals surface area contributed by atoms with Crippen LogP contribution in [-0.2, 0) is 6.54 Å². The molecular formula is C11H16N6. The minimum atomic E-state index is 0.679. The quantitative estimate of drug-likeness (QED) is 0.843. The molecule has 0 spiro atoms. The van der Waals surface area contributed by atoms with Gasteiger partial charge in [-0.15, -0.1) is 0 Å². The third-order valence-corrected chi connectivity index (χ3v) is 2.32. The number of aromatic nitrogens is 5. The first-order chi connectivity index (χ1) is 8.20. The van der Waals surface area contributed by atoms with Crippen molar-refractivity contribution in [2.75, 3.05) is 6.54 Å². The van der Waals surface area contributed by atoms with Crippen LogP contribution in [0, 0.1) is 13.8 Å². The molecule has 0 atom stereocenters. The minimum absolute atomic E-state index is 0.679. The van der Waals surface area contributed by atoms with Gasteiger partial charge in [-0.1, -0.05) is 6.92 Å². The zero-order valence-electron chi connectivity index (χ0n) is 10.3. The van der Waals surface area contributed by atoms with Gasteiger partial charge in [0.15, 0.2) is 5.82 Å². The number of nitrogens with zero attached hydrogens (tertiary/aromatic N) is 5. The predicted molar refractivity (Wildman–Crippen MR) is 63.8 cm³/mol. The number of aryl methyl sites for hydroxylation is 2. The molecule has 2 rings (SSSR count). The summed E-state index contributed by atoms with van der Waals surface area (Å²) in [5.41, 5.74) is 0.928. The van der Waals surface area contributed by atoms with Crippen molar-refractivity contribution in [2.45, 2.75) is 27.3 Å². The zero-order valence-corrected chi connectivity index (χ0v) is 10.3. The second kappa shape index (κ2) is 5.01. The Hall–Kier alpha value is -1.82. The third kappa shape index (κ3) is 2.65. The van der Waals surface area contributed by atoms with Crippen molar-refractivity contribution in [3.05, 3.63) is 29.7 Å². The van der Waals surface area contributed by atoms with Gasteiger partial charge in [0.25, 0.3) is 0 Å². The van der Waals surface area contributed by atoms with E-state index in [2.05, 4.69) is 32.3 Å². The molecule has 0 saturated carbocycles. The van der Waals surface area contributed by atoms with Gasteiger partial charge in [0, 0.05) is 11.8 Å². The fourth-order valence-electron chi connectivity index (χ4n) is 1.62. The Bertz CT molecular complexity index is 484. The molecule has 0 radical (unpaired) electrons. The van der Waals surface area contributed by atoms with Gasteiger partial charge in [-0.05, 0) is 20.4 Å². The van der Waals surface area contributed by atoms with Crippen LogP contribution in [0.15, 0.2) is 12.4 Å². The fourth-order valence-corrected chi connectivity index (χ4v) is 1.62. The Morgan fingerprint density at radius 3 is 2.82 bits per heavy atom. The van der Waals surface area contributed by atoms with E-state index in [-0.39, 0.29) is 0 Å². The number of hydrogen-bond acceptors (Lipinski definition) is 5. The van der Waals surface area contributed by atoms with Gasteiger partial charge in [-0.25, -0.2) is 15.0 Å². The Morgan fingerprint density at radius 2 is 2.12 bits per heavy atom. The van der Waals surface area contributed by atoms with Crippen LogP contribution in [0.2, 0.25) is 0 Å². The molecule has 2 aromatic heterocycles. The lowest BCUT2D eigenvalue weighted by Gasteiger charge is -2.06. The maximum absolute atomic E-state index is 4.37. The molecule has 0 saturated heterocycles. The molecule has 0 unspecified atom stereocenters. The topological polar surface area (TPSA) is 68.5 Å². The maximum Gasteiger partial charge on any atom is 0.159 e. The summed E-state index contributed by atoms with van der Waals surface area (Å²) in [5.74, 6) is 2.36. The lowest BCUT2D eigenvalue weighted by Crippen LogP contribution is -2.17. The van der Waals surface area contributed by atoms with Crippen LogP contribution in [0.5, 0.6) is 0 Å². The molecule has 0 bridgehead atoms. The molecule has 0 aromatic carbocycles. The van der Waals surface area contributed by atoms with Crippen LogP contribution in [0.25, 0.3) is 5.82 Å². The van der Waals surface area contributed by atoms with Crippen LogP contribution in [0.3, 0.4) is 0 Å². The van der Waals surface area contributed by atoms with Crippen LogP contribution in [-0.4, -0.2) is 31.3 Å². The monoisotopic (exact) mass is 232 g/mol. The molecule has 0 amide bonds. The van der Waals surface area contributed by atoms with Crippen molar-refractivity contribution in [1.82, 2.24) is 30.0 Å². The zero-order chi connectivity index (χ0) is 12.3. The van der Waals surface area contributed by atoms with Crippen molar-refractivity contribution in [1.29, 1.82) is 0 Å². The van der Waals surface area contributed by atoms with Crippen molar-refractivity contribution < 1.29 is 0 Å². The number of hydrogen-bond donors (Lipinski definition) is 1. The highest BCUT2D eigenvalue weighted by molar-refractivity contribution is 5.24. The molecule has 1 N–H and O–H groups in total. The van der Waals surface area contributed by atoms with Crippen LogP contribution >= 0.6 is 0 Å². The van der Waals surface area contributed by atoms with Crippen molar-refractivity contribution in [3.8, 4) is 5.82 Å². The van der Waals surface area contributed by atoms with E-state index in [9.17, 15) is 0 Å². The van der Waals surface area contributed by atoms with Crippen LogP contribution < -0.4 is 5.32 Å². The molecule has 0 aliphatic carbocycles. The molecule has 0 aliphatic rings. The minimum Gasteiger partial charge on any atom is -0.310 e. The van der Waals surface area contributed by atoms with E-state index in [0.717, 1.165) is 29.7 Å². The summed E-state index contributed by atoms with van der Waals surface area (Å²) in [4.78, 5) is 12.8. The Labute approximate surface area is 100 Å². The Morgan fingerprint density at radius 1 is 1.29 bits per heavy atom. The standard InChI is InChI=1S/C11H16N6/c1-4-12-6-11-13-7-14-17(11)10-5-8(2)15-9(3)16-10/h5,7,12H,4,6H2,1-3H3. The number of rotatable bonds is 4. The lowest BCUT2D eigenvalue weighted by molar-refractivity contribution is 0.657. The molecule has 2 heterocycles. The normalized spacial score (nSPS) is 10.8. The molecular weight excluding hydrogens is 216 g/mol. The molecule has 0 fully saturated rings. The molecule has 90 valence electrons. The smallest absolute Gasteiger partial charge is 0.159 e. The molecule has 0 aliphatic heterocycles. The van der Waals surface area contributed by atoms with Gasteiger partial charge >= 0.3 is 0 Å². The summed E-state index contributed by atoms with van der Waals surface area (Å²) >= 11 is 0. The van der Waals surface area contributed by atoms with E-state index in [1.54, 1.807) is 11.0 Å². The van der Waals surface area contributed by atoms with Gasteiger partial charge in [0.05, 0.1) is 6.54 Å². The molecule has 6 heteroatoms. The highest BCUT2D eigenvalue weighted by Gasteiger charge is 2.08. The second-order valence-electron chi connectivity index (χ2n) is 3.78. The lowest BCUT2D eigenvalue weighted by atomic mass is 10.4. The Balaban J connectivity index is 2.35. The highest BCUT2D eigenvalue weighted by atomic mass is 15.4. The van der Waals surface area contributed by atoms with Crippen molar-refractivity contribution >= 4 is 0 Å². The first-order valence-corrected chi connectivity index (χ1v) is 5.63. The average molecular weight is 232 g/mol. The van der Waals surface area contributed by atoms with E-state index in [1.165, 1.54) is 0 Å². The van der Waals surface area contributed by atoms with Crippen LogP contribution in [0.1, 0.15) is 24.3 Å². The van der Waals surface area contributed by atoms with E-state index in [1.807, 2.05) is 19.9 Å². The summed E-state index contributed by atoms with van der Waals surface area (Å²) in [6, 6.07) is 1.90. The van der Waals surface area contributed by atoms with Gasteiger partial charge < -0.3 is 5.32 Å². The van der Waals surface area contributed by atoms with E-state index in [4.69, 9.17) is 0 Å². The third-order valence-electron chi connectivity index (χ3n) is 2.32. The fraction of sp³-hybridized carbons (Fsp3) is 0.455.